The summed E-state index contributed by atoms with van der Waals surface area (Å²) < 4.78 is 0. The topological polar surface area (TPSA) is 80.7 Å². The molecule has 1 N–H and O–H groups in total. The number of benzene rings is 1. The molecule has 0 spiro atoms. The highest BCUT2D eigenvalue weighted by molar-refractivity contribution is 5.76. The number of nitrogens with zero attached hydrogens (tertiary/aromatic N) is 7. The molecule has 0 aliphatic carbocycles. The lowest BCUT2D eigenvalue weighted by Gasteiger charge is -2.39. The van der Waals surface area contributed by atoms with Gasteiger partial charge in [-0.25, -0.2) is 15.0 Å². The van der Waals surface area contributed by atoms with E-state index < -0.39 is 0 Å². The minimum atomic E-state index is 0.181. The molecule has 1 saturated heterocycles. The molecule has 188 valence electrons. The Hall–Kier alpha value is -3.56. The van der Waals surface area contributed by atoms with Crippen LogP contribution < -0.4 is 10.2 Å². The Balaban J connectivity index is 1.44. The summed E-state index contributed by atoms with van der Waals surface area (Å²) in [7, 11) is 6.02. The summed E-state index contributed by atoms with van der Waals surface area (Å²) in [5.74, 6) is 1.59. The van der Waals surface area contributed by atoms with Gasteiger partial charge < -0.3 is 20.0 Å². The van der Waals surface area contributed by atoms with E-state index in [1.54, 1.807) is 6.20 Å². The molecule has 0 radical (unpaired) electrons. The summed E-state index contributed by atoms with van der Waals surface area (Å²) in [6, 6.07) is 14.5. The summed E-state index contributed by atoms with van der Waals surface area (Å²) in [6.07, 6.45) is 4.12. The van der Waals surface area contributed by atoms with Crippen LogP contribution in [0.2, 0.25) is 0 Å². The van der Waals surface area contributed by atoms with Gasteiger partial charge in [-0.3, -0.25) is 9.69 Å². The van der Waals surface area contributed by atoms with E-state index in [2.05, 4.69) is 55.2 Å². The smallest absolute Gasteiger partial charge is 0.227 e. The van der Waals surface area contributed by atoms with Crippen molar-refractivity contribution in [3.05, 3.63) is 60.4 Å². The van der Waals surface area contributed by atoms with Crippen LogP contribution in [0.3, 0.4) is 0 Å². The second kappa shape index (κ2) is 10.6. The van der Waals surface area contributed by atoms with Gasteiger partial charge in [-0.05, 0) is 42.9 Å². The third-order valence-corrected chi connectivity index (χ3v) is 7.15. The lowest BCUT2D eigenvalue weighted by Crippen LogP contribution is -2.52. The maximum Gasteiger partial charge on any atom is 0.227 e. The number of fused-ring (bicyclic) bond motifs is 7. The van der Waals surface area contributed by atoms with E-state index in [0.29, 0.717) is 25.5 Å². The van der Waals surface area contributed by atoms with Gasteiger partial charge in [0, 0.05) is 89.5 Å². The normalized spacial score (nSPS) is 21.6. The Morgan fingerprint density at radius 3 is 2.64 bits per heavy atom. The highest BCUT2D eigenvalue weighted by atomic mass is 16.2. The molecule has 36 heavy (non-hydrogen) atoms. The van der Waals surface area contributed by atoms with Gasteiger partial charge in [0.2, 0.25) is 11.9 Å². The fourth-order valence-electron chi connectivity index (χ4n) is 4.75. The lowest BCUT2D eigenvalue weighted by atomic mass is 10.1. The van der Waals surface area contributed by atoms with Crippen molar-refractivity contribution in [2.24, 2.45) is 0 Å². The van der Waals surface area contributed by atoms with Gasteiger partial charge in [0.05, 0.1) is 5.69 Å². The van der Waals surface area contributed by atoms with Gasteiger partial charge in [0.15, 0.2) is 0 Å². The molecular weight excluding hydrogens is 452 g/mol. The van der Waals surface area contributed by atoms with Crippen molar-refractivity contribution in [2.75, 3.05) is 64.1 Å². The summed E-state index contributed by atoms with van der Waals surface area (Å²) in [4.78, 5) is 35.5. The number of aromatic nitrogens is 3. The first kappa shape index (κ1) is 24.1. The molecule has 9 nitrogen and oxygen atoms in total. The molecule has 2 unspecified atom stereocenters. The number of carbonyl (C=O) groups is 1. The summed E-state index contributed by atoms with van der Waals surface area (Å²) in [5, 5.41) is 3.36. The van der Waals surface area contributed by atoms with Crippen molar-refractivity contribution in [1.29, 1.82) is 0 Å². The van der Waals surface area contributed by atoms with Crippen LogP contribution in [0.4, 0.5) is 17.5 Å². The van der Waals surface area contributed by atoms with Gasteiger partial charge in [-0.15, -0.1) is 0 Å². The zero-order chi connectivity index (χ0) is 25.1. The van der Waals surface area contributed by atoms with Crippen molar-refractivity contribution in [3.8, 4) is 11.3 Å². The fourth-order valence-corrected chi connectivity index (χ4v) is 4.75. The first-order chi connectivity index (χ1) is 17.4. The quantitative estimate of drug-likeness (QED) is 0.520. The van der Waals surface area contributed by atoms with Crippen LogP contribution in [0.1, 0.15) is 12.0 Å². The molecule has 6 rings (SSSR count). The average Bonchev–Trinajstić information content (AvgIpc) is 2.89. The molecule has 2 aromatic heterocycles. The number of amides is 1. The molecule has 1 amide bonds. The van der Waals surface area contributed by atoms with Crippen molar-refractivity contribution < 1.29 is 4.79 Å². The average molecular weight is 487 g/mol. The molecule has 3 aliphatic heterocycles. The molecule has 1 aromatic carbocycles. The molecule has 3 aromatic rings. The van der Waals surface area contributed by atoms with Crippen molar-refractivity contribution in [1.82, 2.24) is 29.7 Å². The number of pyridine rings is 1. The number of hydrogen-bond acceptors (Lipinski definition) is 8. The van der Waals surface area contributed by atoms with E-state index in [1.807, 2.05) is 49.5 Å². The van der Waals surface area contributed by atoms with Gasteiger partial charge >= 0.3 is 0 Å². The van der Waals surface area contributed by atoms with Crippen LogP contribution in [-0.4, -0.2) is 95.5 Å². The van der Waals surface area contributed by atoms with E-state index in [4.69, 9.17) is 4.98 Å². The Labute approximate surface area is 212 Å². The summed E-state index contributed by atoms with van der Waals surface area (Å²) in [6.45, 7) is 4.99. The van der Waals surface area contributed by atoms with E-state index >= 15 is 0 Å². The third kappa shape index (κ3) is 5.63. The predicted molar refractivity (Wildman–Crippen MR) is 142 cm³/mol. The van der Waals surface area contributed by atoms with E-state index in [-0.39, 0.29) is 11.9 Å². The number of carbonyl (C=O) groups excluding carboxylic acids is 1. The second-order valence-corrected chi connectivity index (χ2v) is 9.81. The maximum atomic E-state index is 13.1. The van der Waals surface area contributed by atoms with Gasteiger partial charge in [0.25, 0.3) is 0 Å². The highest BCUT2D eigenvalue weighted by Gasteiger charge is 2.27. The van der Waals surface area contributed by atoms with E-state index in [9.17, 15) is 4.79 Å². The van der Waals surface area contributed by atoms with Crippen molar-refractivity contribution >= 4 is 23.4 Å². The van der Waals surface area contributed by atoms with E-state index in [1.165, 1.54) is 5.56 Å². The van der Waals surface area contributed by atoms with Crippen LogP contribution in [-0.2, 0) is 11.3 Å². The first-order valence-electron chi connectivity index (χ1n) is 12.5. The number of hydrogen-bond donors (Lipinski definition) is 1. The standard InChI is InChI=1S/C27H34N8O/c1-32-13-14-35-18-20-5-4-6-22(15-20)30-27-28-10-9-24(31-27)21-7-8-25(29-17-21)33(2)11-12-34(3)26(36)16-23(32)19-35/h4-10,15,17,23H,11-14,16,18-19H2,1-3H3,(H,28,30,31). The molecular formula is C27H34N8O. The lowest BCUT2D eigenvalue weighted by molar-refractivity contribution is -0.131. The van der Waals surface area contributed by atoms with Crippen LogP contribution in [0.5, 0.6) is 0 Å². The van der Waals surface area contributed by atoms with Crippen LogP contribution in [0.25, 0.3) is 11.3 Å². The highest BCUT2D eigenvalue weighted by Crippen LogP contribution is 2.22. The largest absolute Gasteiger partial charge is 0.358 e. The monoisotopic (exact) mass is 486 g/mol. The number of likely N-dealkylation sites (N-methyl/N-ethyl adjacent to an activating group) is 3. The number of piperazine rings is 1. The third-order valence-electron chi connectivity index (χ3n) is 7.15. The Kier molecular flexibility index (Phi) is 7.11. The molecule has 3 aliphatic rings. The first-order valence-corrected chi connectivity index (χ1v) is 12.5. The summed E-state index contributed by atoms with van der Waals surface area (Å²) >= 11 is 0. The zero-order valence-electron chi connectivity index (χ0n) is 21.3. The zero-order valence-corrected chi connectivity index (χ0v) is 21.3. The fraction of sp³-hybridized carbons (Fsp3) is 0.407. The van der Waals surface area contributed by atoms with Crippen LogP contribution >= 0.6 is 0 Å². The SMILES string of the molecule is CN1CCN(C)c2ccc(cn2)-c2ccnc(n2)Nc2cccc(c2)CN2CCN(C)C(CC1=O)C2. The van der Waals surface area contributed by atoms with Crippen LogP contribution in [0, 0.1) is 0 Å². The number of rotatable bonds is 0. The molecule has 0 saturated carbocycles. The Morgan fingerprint density at radius 2 is 1.81 bits per heavy atom. The van der Waals surface area contributed by atoms with Crippen LogP contribution in [0.15, 0.2) is 54.9 Å². The molecule has 8 bridgehead atoms. The minimum absolute atomic E-state index is 0.181. The minimum Gasteiger partial charge on any atom is -0.358 e. The van der Waals surface area contributed by atoms with Crippen molar-refractivity contribution in [3.63, 3.8) is 0 Å². The van der Waals surface area contributed by atoms with E-state index in [0.717, 1.165) is 48.9 Å². The molecule has 1 fully saturated rings. The summed E-state index contributed by atoms with van der Waals surface area (Å²) in [5.41, 5.74) is 3.91. The molecule has 2 atom stereocenters. The van der Waals surface area contributed by atoms with Gasteiger partial charge in [-0.2, -0.15) is 0 Å². The second-order valence-electron chi connectivity index (χ2n) is 9.81. The van der Waals surface area contributed by atoms with Crippen molar-refractivity contribution in [2.45, 2.75) is 19.0 Å². The van der Waals surface area contributed by atoms with Gasteiger partial charge in [0.1, 0.15) is 5.82 Å². The molecule has 9 heteroatoms. The Morgan fingerprint density at radius 1 is 0.944 bits per heavy atom. The van der Waals surface area contributed by atoms with Gasteiger partial charge in [-0.1, -0.05) is 12.1 Å². The maximum absolute atomic E-state index is 13.1. The number of nitrogens with one attached hydrogen (secondary N) is 1. The molecule has 5 heterocycles. The number of anilines is 3. The Bertz CT molecular complexity index is 1200. The predicted octanol–water partition coefficient (Wildman–Crippen LogP) is 2.70.